The van der Waals surface area contributed by atoms with Crippen molar-refractivity contribution in [3.05, 3.63) is 0 Å². The Morgan fingerprint density at radius 1 is 0.973 bits per heavy atom. The quantitative estimate of drug-likeness (QED) is 0.508. The molecule has 212 valence electrons. The number of sulfonamides is 1. The average molecular weight is 542 g/mol. The number of methoxy groups -OCH3 is 1. The number of carbonyl (C=O) groups is 2. The molecular weight excluding hydrogens is 494 g/mol. The van der Waals surface area contributed by atoms with Crippen LogP contribution < -0.4 is 10.7 Å². The maximum Gasteiger partial charge on any atom is 0.407 e. The lowest BCUT2D eigenvalue weighted by Crippen LogP contribution is -2.50. The molecule has 2 amide bonds. The number of piperidine rings is 2. The molecule has 4 unspecified atom stereocenters. The van der Waals surface area contributed by atoms with Gasteiger partial charge in [0.2, 0.25) is 15.9 Å². The van der Waals surface area contributed by atoms with Gasteiger partial charge in [-0.15, -0.1) is 0 Å². The highest BCUT2D eigenvalue weighted by Crippen LogP contribution is 2.40. The Labute approximate surface area is 222 Å². The monoisotopic (exact) mass is 541 g/mol. The lowest BCUT2D eigenvalue weighted by atomic mass is 9.74. The van der Waals surface area contributed by atoms with Crippen LogP contribution >= 0.6 is 0 Å². The fourth-order valence-electron chi connectivity index (χ4n) is 7.30. The van der Waals surface area contributed by atoms with E-state index >= 15 is 0 Å². The highest BCUT2D eigenvalue weighted by Gasteiger charge is 2.49. The number of fused-ring (bicyclic) bond motifs is 1. The molecule has 2 N–H and O–H groups in total. The summed E-state index contributed by atoms with van der Waals surface area (Å²) in [5, 5.41) is 4.75. The van der Waals surface area contributed by atoms with E-state index in [0.717, 1.165) is 45.3 Å². The largest absolute Gasteiger partial charge is 0.453 e. The van der Waals surface area contributed by atoms with Crippen LogP contribution in [0.5, 0.6) is 0 Å². The van der Waals surface area contributed by atoms with Crippen molar-refractivity contribution in [1.29, 1.82) is 0 Å². The zero-order chi connectivity index (χ0) is 26.7. The number of rotatable bonds is 7. The number of carbonyl (C=O) groups excluding carboxylic acids is 2. The van der Waals surface area contributed by atoms with Gasteiger partial charge in [0.1, 0.15) is 0 Å². The van der Waals surface area contributed by atoms with E-state index in [1.165, 1.54) is 7.11 Å². The number of hydrogen-bond acceptors (Lipinski definition) is 7. The van der Waals surface area contributed by atoms with E-state index in [-0.39, 0.29) is 35.2 Å². The Balaban J connectivity index is 1.30. The lowest BCUT2D eigenvalue weighted by molar-refractivity contribution is -0.136. The number of amides is 2. The van der Waals surface area contributed by atoms with Crippen LogP contribution in [0.25, 0.3) is 0 Å². The molecule has 1 aliphatic carbocycles. The molecule has 37 heavy (non-hydrogen) atoms. The van der Waals surface area contributed by atoms with E-state index in [1.807, 2.05) is 18.7 Å². The summed E-state index contributed by atoms with van der Waals surface area (Å²) in [7, 11) is -1.99. The Hall–Kier alpha value is -1.43. The molecule has 4 fully saturated rings. The van der Waals surface area contributed by atoms with Crippen LogP contribution in [-0.4, -0.2) is 97.8 Å². The SMILES string of the molecule is CCN(CC)C(=O)C1C(C)NN2CCC(C3CCN(S(=O)(=O)C4CCC(NC(=O)OC)CC4)CC3)CC12. The number of nitrogens with one attached hydrogen (secondary N) is 2. The van der Waals surface area contributed by atoms with Gasteiger partial charge in [0, 0.05) is 50.8 Å². The van der Waals surface area contributed by atoms with Crippen LogP contribution in [0.3, 0.4) is 0 Å². The van der Waals surface area contributed by atoms with Gasteiger partial charge in [-0.2, -0.15) is 0 Å². The van der Waals surface area contributed by atoms with Crippen molar-refractivity contribution in [2.75, 3.05) is 39.8 Å². The second-order valence-corrected chi connectivity index (χ2v) is 13.6. The van der Waals surface area contributed by atoms with Crippen molar-refractivity contribution in [3.63, 3.8) is 0 Å². The van der Waals surface area contributed by atoms with Crippen molar-refractivity contribution in [2.24, 2.45) is 17.8 Å². The van der Waals surface area contributed by atoms with E-state index in [2.05, 4.69) is 27.4 Å². The molecule has 1 saturated carbocycles. The first-order valence-electron chi connectivity index (χ1n) is 14.3. The third kappa shape index (κ3) is 6.09. The Morgan fingerprint density at radius 2 is 1.59 bits per heavy atom. The molecule has 0 aromatic carbocycles. The van der Waals surface area contributed by atoms with Gasteiger partial charge in [0.25, 0.3) is 0 Å². The summed E-state index contributed by atoms with van der Waals surface area (Å²) in [6.07, 6.45) is 5.91. The van der Waals surface area contributed by atoms with Gasteiger partial charge < -0.3 is 15.0 Å². The maximum atomic E-state index is 13.4. The molecule has 0 aromatic heterocycles. The standard InChI is InChI=1S/C26H47N5O5S/c1-5-29(6-2)25(32)24-18(3)28-31-16-13-20(17-23(24)31)19-11-14-30(15-12-19)37(34,35)22-9-7-21(8-10-22)27-26(33)36-4/h18-24,28H,5-17H2,1-4H3,(H,27,33). The summed E-state index contributed by atoms with van der Waals surface area (Å²) in [4.78, 5) is 26.7. The molecule has 0 aromatic rings. The first-order valence-corrected chi connectivity index (χ1v) is 15.8. The molecule has 0 bridgehead atoms. The maximum absolute atomic E-state index is 13.4. The third-order valence-corrected chi connectivity index (χ3v) is 11.9. The number of hydrogen-bond donors (Lipinski definition) is 2. The lowest BCUT2D eigenvalue weighted by Gasteiger charge is -2.43. The van der Waals surface area contributed by atoms with Crippen molar-refractivity contribution in [2.45, 2.75) is 95.5 Å². The van der Waals surface area contributed by atoms with Gasteiger partial charge in [-0.1, -0.05) is 0 Å². The Morgan fingerprint density at radius 3 is 2.19 bits per heavy atom. The van der Waals surface area contributed by atoms with Crippen molar-refractivity contribution < 1.29 is 22.7 Å². The topological polar surface area (TPSA) is 111 Å². The predicted octanol–water partition coefficient (Wildman–Crippen LogP) is 2.17. The first kappa shape index (κ1) is 28.6. The normalized spacial score (nSPS) is 34.1. The van der Waals surface area contributed by atoms with Gasteiger partial charge in [-0.3, -0.25) is 10.2 Å². The van der Waals surface area contributed by atoms with Gasteiger partial charge in [-0.05, 0) is 84.0 Å². The minimum Gasteiger partial charge on any atom is -0.453 e. The highest BCUT2D eigenvalue weighted by molar-refractivity contribution is 7.89. The number of alkyl carbamates (subject to hydrolysis) is 1. The van der Waals surface area contributed by atoms with Crippen LogP contribution in [0.2, 0.25) is 0 Å². The molecule has 0 radical (unpaired) electrons. The summed E-state index contributed by atoms with van der Waals surface area (Å²) in [6, 6.07) is 0.347. The molecule has 10 nitrogen and oxygen atoms in total. The molecule has 3 saturated heterocycles. The summed E-state index contributed by atoms with van der Waals surface area (Å²) >= 11 is 0. The van der Waals surface area contributed by atoms with Gasteiger partial charge in [-0.25, -0.2) is 22.5 Å². The summed E-state index contributed by atoms with van der Waals surface area (Å²) in [5.74, 6) is 1.28. The Bertz CT molecular complexity index is 897. The molecule has 4 rings (SSSR count). The summed E-state index contributed by atoms with van der Waals surface area (Å²) in [5.41, 5.74) is 3.56. The summed E-state index contributed by atoms with van der Waals surface area (Å²) in [6.45, 7) is 9.83. The predicted molar refractivity (Wildman–Crippen MR) is 142 cm³/mol. The van der Waals surface area contributed by atoms with E-state index in [1.54, 1.807) is 4.31 Å². The minimum atomic E-state index is -3.33. The first-order chi connectivity index (χ1) is 17.7. The van der Waals surface area contributed by atoms with E-state index in [9.17, 15) is 18.0 Å². The van der Waals surface area contributed by atoms with Crippen LogP contribution in [0.1, 0.15) is 72.1 Å². The van der Waals surface area contributed by atoms with Crippen LogP contribution in [-0.2, 0) is 19.6 Å². The molecular formula is C26H47N5O5S. The summed E-state index contributed by atoms with van der Waals surface area (Å²) < 4.78 is 33.2. The Kier molecular flexibility index (Phi) is 9.40. The van der Waals surface area contributed by atoms with Crippen molar-refractivity contribution in [3.8, 4) is 0 Å². The highest BCUT2D eigenvalue weighted by atomic mass is 32.2. The smallest absolute Gasteiger partial charge is 0.407 e. The van der Waals surface area contributed by atoms with Crippen molar-refractivity contribution in [1.82, 2.24) is 25.0 Å². The van der Waals surface area contributed by atoms with Crippen molar-refractivity contribution >= 4 is 22.0 Å². The van der Waals surface area contributed by atoms with Crippen LogP contribution in [0, 0.1) is 17.8 Å². The molecule has 4 atom stereocenters. The number of hydrazine groups is 1. The fraction of sp³-hybridized carbons (Fsp3) is 0.923. The molecule has 3 aliphatic heterocycles. The molecule has 11 heteroatoms. The average Bonchev–Trinajstić information content (AvgIpc) is 3.24. The fourth-order valence-corrected chi connectivity index (χ4v) is 9.31. The zero-order valence-electron chi connectivity index (χ0n) is 23.0. The number of nitrogens with zero attached hydrogens (tertiary/aromatic N) is 3. The van der Waals surface area contributed by atoms with Gasteiger partial charge in [0.05, 0.1) is 18.3 Å². The molecule has 3 heterocycles. The van der Waals surface area contributed by atoms with Gasteiger partial charge >= 0.3 is 6.09 Å². The zero-order valence-corrected chi connectivity index (χ0v) is 23.8. The second kappa shape index (κ2) is 12.2. The van der Waals surface area contributed by atoms with E-state index < -0.39 is 16.1 Å². The van der Waals surface area contributed by atoms with E-state index in [4.69, 9.17) is 0 Å². The van der Waals surface area contributed by atoms with E-state index in [0.29, 0.717) is 50.6 Å². The molecule has 4 aliphatic rings. The second-order valence-electron chi connectivity index (χ2n) is 11.4. The minimum absolute atomic E-state index is 0.0132. The van der Waals surface area contributed by atoms with Gasteiger partial charge in [0.15, 0.2) is 0 Å². The molecule has 0 spiro atoms. The van der Waals surface area contributed by atoms with Crippen LogP contribution in [0.15, 0.2) is 0 Å². The number of ether oxygens (including phenoxy) is 1. The van der Waals surface area contributed by atoms with Crippen LogP contribution in [0.4, 0.5) is 4.79 Å². The third-order valence-electron chi connectivity index (χ3n) is 9.50.